The standard InChI is InChI=1S/C30H45N5O2/c1-22(31-2)20-28(32-3)30(23-6-4-7-23)34-18-19-35(29(36)21-34)25-10-12-26(13-11-25)37-27-14-16-33(17-15-27)24-8-5-9-24/h10-12,20,24,26-27,32H,4-9,13-19,21H2,1-3H3/b28-20-,31-22-. The molecule has 0 radical (unpaired) electrons. The first-order chi connectivity index (χ1) is 18.1. The molecule has 2 saturated carbocycles. The topological polar surface area (TPSA) is 60.4 Å². The maximum absolute atomic E-state index is 13.3. The lowest BCUT2D eigenvalue weighted by molar-refractivity contribution is -0.132. The molecule has 7 nitrogen and oxygen atoms in total. The molecule has 202 valence electrons. The van der Waals surface area contributed by atoms with E-state index in [0.29, 0.717) is 19.2 Å². The fourth-order valence-electron chi connectivity index (χ4n) is 6.11. The molecule has 1 amide bonds. The van der Waals surface area contributed by atoms with Crippen LogP contribution in [0.1, 0.15) is 64.7 Å². The van der Waals surface area contributed by atoms with Crippen LogP contribution in [0.3, 0.4) is 0 Å². The van der Waals surface area contributed by atoms with Gasteiger partial charge in [-0.2, -0.15) is 0 Å². The minimum Gasteiger partial charge on any atom is -0.386 e. The van der Waals surface area contributed by atoms with Crippen LogP contribution in [0.15, 0.2) is 52.0 Å². The van der Waals surface area contributed by atoms with Gasteiger partial charge in [0.15, 0.2) is 0 Å². The Kier molecular flexibility index (Phi) is 8.50. The van der Waals surface area contributed by atoms with Crippen LogP contribution in [0.5, 0.6) is 0 Å². The van der Waals surface area contributed by atoms with E-state index in [-0.39, 0.29) is 12.0 Å². The van der Waals surface area contributed by atoms with Crippen molar-refractivity contribution >= 4 is 11.6 Å². The molecule has 0 aromatic rings. The molecule has 3 aliphatic carbocycles. The summed E-state index contributed by atoms with van der Waals surface area (Å²) in [5, 5.41) is 3.37. The molecule has 0 spiro atoms. The van der Waals surface area contributed by atoms with Gasteiger partial charge in [-0.25, -0.2) is 0 Å². The second-order valence-corrected chi connectivity index (χ2v) is 11.2. The average Bonchev–Trinajstić information content (AvgIpc) is 2.85. The molecule has 1 unspecified atom stereocenters. The third-order valence-corrected chi connectivity index (χ3v) is 8.85. The maximum atomic E-state index is 13.3. The first-order valence-corrected chi connectivity index (χ1v) is 14.4. The molecule has 37 heavy (non-hydrogen) atoms. The molecule has 2 heterocycles. The van der Waals surface area contributed by atoms with E-state index in [2.05, 4.69) is 44.4 Å². The Labute approximate surface area is 223 Å². The van der Waals surface area contributed by atoms with E-state index < -0.39 is 0 Å². The van der Waals surface area contributed by atoms with Crippen molar-refractivity contribution in [3.8, 4) is 0 Å². The van der Waals surface area contributed by atoms with Gasteiger partial charge in [0, 0.05) is 57.7 Å². The summed E-state index contributed by atoms with van der Waals surface area (Å²) in [6.45, 7) is 6.31. The van der Waals surface area contributed by atoms with Crippen molar-refractivity contribution < 1.29 is 9.53 Å². The van der Waals surface area contributed by atoms with Crippen LogP contribution < -0.4 is 5.32 Å². The van der Waals surface area contributed by atoms with E-state index in [4.69, 9.17) is 4.74 Å². The van der Waals surface area contributed by atoms with Crippen LogP contribution in [0.4, 0.5) is 0 Å². The number of likely N-dealkylation sites (tertiary alicyclic amines) is 1. The SMILES string of the molecule is C/N=C(C)\C=C(/NC)C(=C1CCC1)N1CCN(C2=CCC(OC3CCN(C4CCC4)CC3)C=C2)C(=O)C1. The van der Waals surface area contributed by atoms with Gasteiger partial charge < -0.3 is 24.8 Å². The van der Waals surface area contributed by atoms with Gasteiger partial charge in [0.1, 0.15) is 0 Å². The number of likely N-dealkylation sites (N-methyl/N-ethyl adjacent to an activating group) is 1. The van der Waals surface area contributed by atoms with Crippen molar-refractivity contribution in [2.45, 2.75) is 83.0 Å². The van der Waals surface area contributed by atoms with Crippen molar-refractivity contribution in [1.29, 1.82) is 0 Å². The largest absolute Gasteiger partial charge is 0.386 e. The first kappa shape index (κ1) is 26.2. The summed E-state index contributed by atoms with van der Waals surface area (Å²) >= 11 is 0. The number of carbonyl (C=O) groups excluding carboxylic acids is 1. The molecule has 2 saturated heterocycles. The lowest BCUT2D eigenvalue weighted by atomic mass is 9.88. The monoisotopic (exact) mass is 507 g/mol. The van der Waals surface area contributed by atoms with Gasteiger partial charge in [0.2, 0.25) is 5.91 Å². The summed E-state index contributed by atoms with van der Waals surface area (Å²) in [6.07, 6.45) is 19.8. The Balaban J connectivity index is 1.15. The van der Waals surface area contributed by atoms with Crippen molar-refractivity contribution in [3.63, 3.8) is 0 Å². The van der Waals surface area contributed by atoms with Gasteiger partial charge in [-0.15, -0.1) is 0 Å². The predicted octanol–water partition coefficient (Wildman–Crippen LogP) is 4.01. The van der Waals surface area contributed by atoms with E-state index in [1.165, 1.54) is 50.0 Å². The molecule has 4 fully saturated rings. The minimum absolute atomic E-state index is 0.127. The van der Waals surface area contributed by atoms with Crippen LogP contribution >= 0.6 is 0 Å². The lowest BCUT2D eigenvalue weighted by Crippen LogP contribution is -2.50. The smallest absolute Gasteiger partial charge is 0.246 e. The van der Waals surface area contributed by atoms with E-state index in [1.807, 2.05) is 25.9 Å². The Morgan fingerprint density at radius 3 is 2.43 bits per heavy atom. The number of nitrogens with zero attached hydrogens (tertiary/aromatic N) is 4. The summed E-state index contributed by atoms with van der Waals surface area (Å²) in [6, 6.07) is 0.843. The fourth-order valence-corrected chi connectivity index (χ4v) is 6.11. The van der Waals surface area contributed by atoms with Gasteiger partial charge in [0.25, 0.3) is 0 Å². The van der Waals surface area contributed by atoms with Crippen molar-refractivity contribution in [2.24, 2.45) is 4.99 Å². The number of carbonyl (C=O) groups is 1. The number of allylic oxidation sites excluding steroid dienone is 3. The van der Waals surface area contributed by atoms with Gasteiger partial charge in [0.05, 0.1) is 30.1 Å². The number of rotatable bonds is 8. The van der Waals surface area contributed by atoms with Gasteiger partial charge in [-0.1, -0.05) is 18.6 Å². The van der Waals surface area contributed by atoms with Crippen LogP contribution in [0.25, 0.3) is 0 Å². The Morgan fingerprint density at radius 1 is 1.11 bits per heavy atom. The third-order valence-electron chi connectivity index (χ3n) is 8.85. The second-order valence-electron chi connectivity index (χ2n) is 11.2. The second kappa shape index (κ2) is 12.0. The zero-order valence-corrected chi connectivity index (χ0v) is 23.0. The summed E-state index contributed by atoms with van der Waals surface area (Å²) in [5.41, 5.74) is 5.72. The van der Waals surface area contributed by atoms with Gasteiger partial charge in [-0.3, -0.25) is 9.79 Å². The Bertz CT molecular complexity index is 991. The van der Waals surface area contributed by atoms with Gasteiger partial charge in [-0.05, 0) is 76.0 Å². The van der Waals surface area contributed by atoms with Crippen molar-refractivity contribution in [1.82, 2.24) is 20.0 Å². The molecular formula is C30H45N5O2. The van der Waals surface area contributed by atoms with Gasteiger partial charge >= 0.3 is 0 Å². The minimum atomic E-state index is 0.127. The number of piperidine rings is 1. The quantitative estimate of drug-likeness (QED) is 0.503. The van der Waals surface area contributed by atoms with E-state index in [1.54, 1.807) is 0 Å². The third kappa shape index (κ3) is 6.04. The summed E-state index contributed by atoms with van der Waals surface area (Å²) in [7, 11) is 3.78. The van der Waals surface area contributed by atoms with Crippen LogP contribution in [0.2, 0.25) is 0 Å². The lowest BCUT2D eigenvalue weighted by Gasteiger charge is -2.42. The van der Waals surface area contributed by atoms with Crippen LogP contribution in [0, 0.1) is 0 Å². The molecule has 0 bridgehead atoms. The molecule has 7 heteroatoms. The molecule has 1 N–H and O–H groups in total. The predicted molar refractivity (Wildman–Crippen MR) is 149 cm³/mol. The molecule has 5 rings (SSSR count). The highest BCUT2D eigenvalue weighted by atomic mass is 16.5. The Hall–Kier alpha value is -2.38. The fraction of sp³-hybridized carbons (Fsp3) is 0.667. The molecule has 0 aromatic carbocycles. The highest BCUT2D eigenvalue weighted by Gasteiger charge is 2.32. The van der Waals surface area contributed by atoms with Crippen LogP contribution in [-0.2, 0) is 9.53 Å². The highest BCUT2D eigenvalue weighted by Crippen LogP contribution is 2.34. The summed E-state index contributed by atoms with van der Waals surface area (Å²) in [5.74, 6) is 0.165. The zero-order chi connectivity index (χ0) is 25.8. The molecular weight excluding hydrogens is 462 g/mol. The number of amides is 1. The molecule has 5 aliphatic rings. The van der Waals surface area contributed by atoms with E-state index >= 15 is 0 Å². The Morgan fingerprint density at radius 2 is 1.89 bits per heavy atom. The number of ether oxygens (including phenoxy) is 1. The average molecular weight is 508 g/mol. The van der Waals surface area contributed by atoms with Crippen molar-refractivity contribution in [3.05, 3.63) is 47.0 Å². The van der Waals surface area contributed by atoms with E-state index in [0.717, 1.165) is 61.8 Å². The number of hydrogen-bond donors (Lipinski definition) is 1. The normalized spacial score (nSPS) is 26.7. The van der Waals surface area contributed by atoms with Crippen molar-refractivity contribution in [2.75, 3.05) is 46.8 Å². The summed E-state index contributed by atoms with van der Waals surface area (Å²) in [4.78, 5) is 24.5. The van der Waals surface area contributed by atoms with E-state index in [9.17, 15) is 4.79 Å². The summed E-state index contributed by atoms with van der Waals surface area (Å²) < 4.78 is 6.45. The van der Waals surface area contributed by atoms with Crippen LogP contribution in [-0.4, -0.2) is 91.4 Å². The highest BCUT2D eigenvalue weighted by molar-refractivity contribution is 5.94. The maximum Gasteiger partial charge on any atom is 0.246 e. The molecule has 2 aliphatic heterocycles. The molecule has 0 aromatic heterocycles. The number of nitrogens with one attached hydrogen (secondary N) is 1. The molecule has 1 atom stereocenters. The number of piperazine rings is 1. The zero-order valence-electron chi connectivity index (χ0n) is 23.0. The number of aliphatic imine (C=N–C) groups is 1. The number of hydrogen-bond acceptors (Lipinski definition) is 6. The first-order valence-electron chi connectivity index (χ1n) is 14.4.